The average molecular weight is 178 g/mol. The maximum Gasteiger partial charge on any atom is 0.329 e. The summed E-state index contributed by atoms with van der Waals surface area (Å²) in [5, 5.41) is 15.5. The van der Waals surface area contributed by atoms with E-state index < -0.39 is 5.97 Å². The number of aromatic nitrogens is 3. The van der Waals surface area contributed by atoms with Crippen LogP contribution in [0.1, 0.15) is 0 Å². The van der Waals surface area contributed by atoms with Crippen molar-refractivity contribution in [2.45, 2.75) is 0 Å². The van der Waals surface area contributed by atoms with Crippen molar-refractivity contribution in [1.29, 1.82) is 5.26 Å². The Bertz CT molecular complexity index is 277. The normalized spacial score (nSPS) is 8.23. The minimum Gasteiger partial charge on any atom is -0.478 e. The van der Waals surface area contributed by atoms with Gasteiger partial charge in [-0.2, -0.15) is 5.26 Å². The van der Waals surface area contributed by atoms with E-state index in [0.29, 0.717) is 0 Å². The number of hydrogen-bond donors (Lipinski definition) is 1. The highest BCUT2D eigenvalue weighted by atomic mass is 16.4. The Hall–Kier alpha value is -2.29. The lowest BCUT2D eigenvalue weighted by Gasteiger charge is -1.69. The van der Waals surface area contributed by atoms with Gasteiger partial charge in [-0.3, -0.25) is 0 Å². The Labute approximate surface area is 74.2 Å². The Kier molecular flexibility index (Phi) is 6.44. The minimum absolute atomic E-state index is 0.778. The number of allylic oxidation sites excluding steroid dienone is 1. The monoisotopic (exact) mass is 178 g/mol. The molecule has 1 rings (SSSR count). The summed E-state index contributed by atoms with van der Waals surface area (Å²) in [5.41, 5.74) is 0. The molecular formula is C7H6N4O2. The van der Waals surface area contributed by atoms with Crippen LogP contribution in [0.25, 0.3) is 0 Å². The van der Waals surface area contributed by atoms with Gasteiger partial charge in [0.25, 0.3) is 0 Å². The number of carbonyl (C=O) groups is 1. The van der Waals surface area contributed by atoms with Crippen LogP contribution in [0.2, 0.25) is 0 Å². The SMILES string of the molecule is N#CC=CC(=O)O.c1ncncn1. The first-order valence-electron chi connectivity index (χ1n) is 3.11. The highest BCUT2D eigenvalue weighted by molar-refractivity contribution is 5.80. The summed E-state index contributed by atoms with van der Waals surface area (Å²) in [6, 6.07) is 1.54. The van der Waals surface area contributed by atoms with Crippen molar-refractivity contribution in [3.05, 3.63) is 31.1 Å². The van der Waals surface area contributed by atoms with Crippen LogP contribution in [0.5, 0.6) is 0 Å². The van der Waals surface area contributed by atoms with Crippen LogP contribution in [-0.2, 0) is 4.79 Å². The van der Waals surface area contributed by atoms with E-state index >= 15 is 0 Å². The molecule has 1 heterocycles. The van der Waals surface area contributed by atoms with Gasteiger partial charge >= 0.3 is 5.97 Å². The molecule has 0 atom stereocenters. The standard InChI is InChI=1S/C4H3NO2.C3H3N3/c5-3-1-2-4(6)7;1-4-2-6-3-5-1/h1-2H,(H,6,7);1-3H. The van der Waals surface area contributed by atoms with E-state index in [-0.39, 0.29) is 0 Å². The van der Waals surface area contributed by atoms with Gasteiger partial charge in [-0.25, -0.2) is 19.7 Å². The molecule has 0 aliphatic carbocycles. The third-order valence-corrected chi connectivity index (χ3v) is 0.700. The highest BCUT2D eigenvalue weighted by Gasteiger charge is 1.79. The van der Waals surface area contributed by atoms with Gasteiger partial charge in [-0.15, -0.1) is 0 Å². The fraction of sp³-hybridized carbons (Fsp3) is 0. The molecule has 0 aromatic carbocycles. The summed E-state index contributed by atoms with van der Waals surface area (Å²) in [6.45, 7) is 0. The summed E-state index contributed by atoms with van der Waals surface area (Å²) in [6.07, 6.45) is 6.00. The van der Waals surface area contributed by atoms with Crippen LogP contribution < -0.4 is 0 Å². The molecule has 0 aliphatic rings. The zero-order valence-electron chi connectivity index (χ0n) is 6.53. The van der Waals surface area contributed by atoms with Crippen LogP contribution in [0, 0.1) is 11.3 Å². The first kappa shape index (κ1) is 10.7. The van der Waals surface area contributed by atoms with Gasteiger partial charge in [0.15, 0.2) is 0 Å². The molecule has 0 saturated heterocycles. The quantitative estimate of drug-likeness (QED) is 0.480. The van der Waals surface area contributed by atoms with E-state index in [1.807, 2.05) is 0 Å². The number of carboxylic acid groups (broad SMARTS) is 1. The van der Waals surface area contributed by atoms with Crippen molar-refractivity contribution in [2.75, 3.05) is 0 Å². The molecule has 0 radical (unpaired) electrons. The predicted octanol–water partition coefficient (Wildman–Crippen LogP) is 0.0224. The first-order valence-corrected chi connectivity index (χ1v) is 3.11. The number of nitriles is 1. The van der Waals surface area contributed by atoms with Gasteiger partial charge in [-0.1, -0.05) is 0 Å². The van der Waals surface area contributed by atoms with E-state index in [4.69, 9.17) is 10.4 Å². The molecule has 0 bridgehead atoms. The van der Waals surface area contributed by atoms with Crippen LogP contribution in [0.3, 0.4) is 0 Å². The van der Waals surface area contributed by atoms with Crippen molar-refractivity contribution in [3.63, 3.8) is 0 Å². The molecule has 1 aromatic heterocycles. The van der Waals surface area contributed by atoms with Gasteiger partial charge in [-0.05, 0) is 0 Å². The summed E-state index contributed by atoms with van der Waals surface area (Å²) in [7, 11) is 0. The second kappa shape index (κ2) is 7.81. The lowest BCUT2D eigenvalue weighted by Crippen LogP contribution is -1.83. The van der Waals surface area contributed by atoms with Crippen LogP contribution in [-0.4, -0.2) is 26.0 Å². The van der Waals surface area contributed by atoms with Gasteiger partial charge in [0.05, 0.1) is 6.07 Å². The Morgan fingerprint density at radius 1 is 1.31 bits per heavy atom. The van der Waals surface area contributed by atoms with Gasteiger partial charge in [0.1, 0.15) is 19.0 Å². The number of aliphatic carboxylic acids is 1. The molecule has 0 aliphatic heterocycles. The van der Waals surface area contributed by atoms with E-state index in [2.05, 4.69) is 15.0 Å². The third-order valence-electron chi connectivity index (χ3n) is 0.700. The summed E-state index contributed by atoms with van der Waals surface area (Å²) < 4.78 is 0. The smallest absolute Gasteiger partial charge is 0.329 e. The Balaban J connectivity index is 0.000000223. The highest BCUT2D eigenvalue weighted by Crippen LogP contribution is 1.66. The minimum atomic E-state index is -1.10. The lowest BCUT2D eigenvalue weighted by atomic mass is 10.5. The second-order valence-corrected chi connectivity index (χ2v) is 1.59. The largest absolute Gasteiger partial charge is 0.478 e. The first-order chi connectivity index (χ1) is 6.27. The summed E-state index contributed by atoms with van der Waals surface area (Å²) >= 11 is 0. The topological polar surface area (TPSA) is 99.8 Å². The van der Waals surface area contributed by atoms with Crippen molar-refractivity contribution < 1.29 is 9.90 Å². The maximum atomic E-state index is 9.52. The number of rotatable bonds is 1. The summed E-state index contributed by atoms with van der Waals surface area (Å²) in [4.78, 5) is 20.2. The second-order valence-electron chi connectivity index (χ2n) is 1.59. The molecular weight excluding hydrogens is 172 g/mol. The zero-order valence-corrected chi connectivity index (χ0v) is 6.53. The fourth-order valence-electron chi connectivity index (χ4n) is 0.313. The Morgan fingerprint density at radius 2 is 1.77 bits per heavy atom. The van der Waals surface area contributed by atoms with Crippen molar-refractivity contribution in [1.82, 2.24) is 15.0 Å². The molecule has 0 fully saturated rings. The van der Waals surface area contributed by atoms with Crippen LogP contribution in [0.4, 0.5) is 0 Å². The number of nitrogens with zero attached hydrogens (tertiary/aromatic N) is 4. The van der Waals surface area contributed by atoms with E-state index in [9.17, 15) is 4.79 Å². The van der Waals surface area contributed by atoms with Gasteiger partial charge < -0.3 is 5.11 Å². The molecule has 0 spiro atoms. The molecule has 0 unspecified atom stereocenters. The fourth-order valence-corrected chi connectivity index (χ4v) is 0.313. The Morgan fingerprint density at radius 3 is 1.92 bits per heavy atom. The third kappa shape index (κ3) is 9.71. The average Bonchev–Trinajstić information content (AvgIpc) is 2.18. The molecule has 0 amide bonds. The lowest BCUT2D eigenvalue weighted by molar-refractivity contribution is -0.131. The van der Waals surface area contributed by atoms with Crippen molar-refractivity contribution in [2.24, 2.45) is 0 Å². The van der Waals surface area contributed by atoms with Crippen LogP contribution >= 0.6 is 0 Å². The van der Waals surface area contributed by atoms with E-state index in [1.54, 1.807) is 0 Å². The number of hydrogen-bond acceptors (Lipinski definition) is 5. The molecule has 66 valence electrons. The van der Waals surface area contributed by atoms with E-state index in [0.717, 1.165) is 12.2 Å². The van der Waals surface area contributed by atoms with Crippen molar-refractivity contribution in [3.8, 4) is 6.07 Å². The van der Waals surface area contributed by atoms with Crippen LogP contribution in [0.15, 0.2) is 31.1 Å². The molecule has 6 heteroatoms. The van der Waals surface area contributed by atoms with Gasteiger partial charge in [0.2, 0.25) is 0 Å². The van der Waals surface area contributed by atoms with E-state index in [1.165, 1.54) is 25.1 Å². The predicted molar refractivity (Wildman–Crippen MR) is 42.2 cm³/mol. The molecule has 0 saturated carbocycles. The number of carboxylic acids is 1. The summed E-state index contributed by atoms with van der Waals surface area (Å²) in [5.74, 6) is -1.10. The molecule has 13 heavy (non-hydrogen) atoms. The molecule has 1 aromatic rings. The van der Waals surface area contributed by atoms with Crippen molar-refractivity contribution >= 4 is 5.97 Å². The molecule has 1 N–H and O–H groups in total. The maximum absolute atomic E-state index is 9.52. The zero-order chi connectivity index (χ0) is 9.94. The van der Waals surface area contributed by atoms with Gasteiger partial charge in [0, 0.05) is 12.2 Å². The molecule has 6 nitrogen and oxygen atoms in total.